The van der Waals surface area contributed by atoms with Gasteiger partial charge in [0.15, 0.2) is 0 Å². The average molecular weight is 243 g/mol. The van der Waals surface area contributed by atoms with Gasteiger partial charge in [0.2, 0.25) is 0 Å². The Kier molecular flexibility index (Phi) is 3.94. The number of benzene rings is 1. The van der Waals surface area contributed by atoms with Crippen molar-refractivity contribution in [1.82, 2.24) is 0 Å². The fraction of sp³-hybridized carbons (Fsp3) is 0.200. The summed E-state index contributed by atoms with van der Waals surface area (Å²) in [6.07, 6.45) is 0. The van der Waals surface area contributed by atoms with Crippen LogP contribution < -0.4 is 0 Å². The van der Waals surface area contributed by atoms with Crippen molar-refractivity contribution >= 4 is 15.9 Å². The lowest BCUT2D eigenvalue weighted by molar-refractivity contribution is 0.275. The van der Waals surface area contributed by atoms with E-state index in [0.29, 0.717) is 16.5 Å². The first-order valence-electron chi connectivity index (χ1n) is 3.72. The van der Waals surface area contributed by atoms with Crippen LogP contribution in [0.1, 0.15) is 11.1 Å². The Balaban J connectivity index is 2.96. The Morgan fingerprint density at radius 3 is 2.77 bits per heavy atom. The molecule has 1 aromatic rings. The van der Waals surface area contributed by atoms with Crippen LogP contribution in [0.15, 0.2) is 18.2 Å². The Morgan fingerprint density at radius 1 is 1.46 bits per heavy atom. The van der Waals surface area contributed by atoms with Gasteiger partial charge in [0.1, 0.15) is 5.82 Å². The van der Waals surface area contributed by atoms with Gasteiger partial charge < -0.3 is 5.11 Å². The lowest BCUT2D eigenvalue weighted by Gasteiger charge is -1.98. The topological polar surface area (TPSA) is 20.2 Å². The zero-order valence-corrected chi connectivity index (χ0v) is 8.44. The van der Waals surface area contributed by atoms with Crippen molar-refractivity contribution < 1.29 is 9.50 Å². The fourth-order valence-corrected chi connectivity index (χ4v) is 1.03. The molecule has 0 amide bonds. The van der Waals surface area contributed by atoms with Crippen molar-refractivity contribution in [3.05, 3.63) is 35.1 Å². The molecule has 0 radical (unpaired) electrons. The van der Waals surface area contributed by atoms with Crippen molar-refractivity contribution in [1.29, 1.82) is 0 Å². The van der Waals surface area contributed by atoms with Gasteiger partial charge in [-0.25, -0.2) is 4.39 Å². The maximum Gasteiger partial charge on any atom is 0.129 e. The zero-order valence-electron chi connectivity index (χ0n) is 6.85. The Bertz CT molecular complexity index is 352. The predicted molar refractivity (Wildman–Crippen MR) is 53.0 cm³/mol. The molecule has 0 unspecified atom stereocenters. The van der Waals surface area contributed by atoms with E-state index in [9.17, 15) is 4.39 Å². The van der Waals surface area contributed by atoms with E-state index in [4.69, 9.17) is 5.11 Å². The molecule has 1 rings (SSSR count). The van der Waals surface area contributed by atoms with Crippen LogP contribution in [0.4, 0.5) is 4.39 Å². The Hall–Kier alpha value is -0.850. The van der Waals surface area contributed by atoms with E-state index in [2.05, 4.69) is 27.8 Å². The quantitative estimate of drug-likeness (QED) is 0.591. The third kappa shape index (κ3) is 2.83. The van der Waals surface area contributed by atoms with E-state index in [1.54, 1.807) is 6.07 Å². The molecule has 0 saturated heterocycles. The van der Waals surface area contributed by atoms with Crippen molar-refractivity contribution in [3.63, 3.8) is 0 Å². The Labute approximate surface area is 84.7 Å². The van der Waals surface area contributed by atoms with Gasteiger partial charge in [-0.1, -0.05) is 33.8 Å². The molecular formula is C10H8BrFO. The number of aliphatic hydroxyl groups excluding tert-OH is 1. The molecule has 68 valence electrons. The fourth-order valence-electron chi connectivity index (χ4n) is 0.889. The molecule has 0 bridgehead atoms. The number of aliphatic hydroxyl groups is 1. The minimum absolute atomic E-state index is 0.280. The summed E-state index contributed by atoms with van der Waals surface area (Å²) in [7, 11) is 0. The van der Waals surface area contributed by atoms with Gasteiger partial charge in [-0.3, -0.25) is 0 Å². The highest BCUT2D eigenvalue weighted by Gasteiger charge is 1.99. The third-order valence-corrected chi connectivity index (χ3v) is 1.80. The largest absolute Gasteiger partial charge is 0.392 e. The van der Waals surface area contributed by atoms with Crippen molar-refractivity contribution in [2.75, 3.05) is 5.33 Å². The standard InChI is InChI=1S/C10H8BrFO/c11-5-1-2-8-3-4-9(7-13)10(12)6-8/h3-4,6,13H,5,7H2. The number of halogens is 2. The van der Waals surface area contributed by atoms with Crippen LogP contribution in [0.3, 0.4) is 0 Å². The number of rotatable bonds is 1. The first kappa shape index (κ1) is 10.2. The SMILES string of the molecule is OCc1ccc(C#CCBr)cc1F. The van der Waals surface area contributed by atoms with Gasteiger partial charge in [-0.2, -0.15) is 0 Å². The number of alkyl halides is 1. The Morgan fingerprint density at radius 2 is 2.23 bits per heavy atom. The summed E-state index contributed by atoms with van der Waals surface area (Å²) < 4.78 is 13.0. The molecule has 0 fully saturated rings. The number of hydrogen-bond acceptors (Lipinski definition) is 1. The van der Waals surface area contributed by atoms with E-state index in [1.165, 1.54) is 12.1 Å². The average Bonchev–Trinajstić information content (AvgIpc) is 2.15. The van der Waals surface area contributed by atoms with Crippen LogP contribution in [0, 0.1) is 17.7 Å². The minimum atomic E-state index is -0.413. The predicted octanol–water partition coefficient (Wildman–Crippen LogP) is 2.06. The summed E-state index contributed by atoms with van der Waals surface area (Å²) >= 11 is 3.15. The van der Waals surface area contributed by atoms with Crippen LogP contribution in [0.25, 0.3) is 0 Å². The highest BCUT2D eigenvalue weighted by molar-refractivity contribution is 9.09. The molecule has 3 heteroatoms. The molecule has 0 aliphatic heterocycles. The molecule has 0 atom stereocenters. The third-order valence-electron chi connectivity index (χ3n) is 1.52. The van der Waals surface area contributed by atoms with Gasteiger partial charge in [0, 0.05) is 11.1 Å². The molecule has 0 heterocycles. The van der Waals surface area contributed by atoms with Crippen LogP contribution >= 0.6 is 15.9 Å². The summed E-state index contributed by atoms with van der Waals surface area (Å²) in [6.45, 7) is -0.280. The molecule has 0 spiro atoms. The van der Waals surface area contributed by atoms with Gasteiger partial charge in [-0.15, -0.1) is 0 Å². The monoisotopic (exact) mass is 242 g/mol. The van der Waals surface area contributed by atoms with Crippen LogP contribution in [0.5, 0.6) is 0 Å². The van der Waals surface area contributed by atoms with Gasteiger partial charge in [0.05, 0.1) is 11.9 Å². The van der Waals surface area contributed by atoms with E-state index in [-0.39, 0.29) is 6.61 Å². The summed E-state index contributed by atoms with van der Waals surface area (Å²) in [5.41, 5.74) is 0.915. The molecule has 1 N–H and O–H groups in total. The second-order valence-electron chi connectivity index (χ2n) is 2.40. The first-order chi connectivity index (χ1) is 6.27. The molecular weight excluding hydrogens is 235 g/mol. The maximum absolute atomic E-state index is 13.0. The van der Waals surface area contributed by atoms with E-state index >= 15 is 0 Å². The smallest absolute Gasteiger partial charge is 0.129 e. The van der Waals surface area contributed by atoms with Crippen LogP contribution in [-0.2, 0) is 6.61 Å². The van der Waals surface area contributed by atoms with E-state index < -0.39 is 5.82 Å². The second-order valence-corrected chi connectivity index (χ2v) is 2.96. The molecule has 0 aromatic heterocycles. The molecule has 0 aliphatic carbocycles. The normalized spacial score (nSPS) is 9.15. The molecule has 1 aromatic carbocycles. The number of hydrogen-bond donors (Lipinski definition) is 1. The summed E-state index contributed by atoms with van der Waals surface area (Å²) in [5.74, 6) is 5.12. The highest BCUT2D eigenvalue weighted by atomic mass is 79.9. The lowest BCUT2D eigenvalue weighted by Crippen LogP contribution is -1.90. The van der Waals surface area contributed by atoms with Crippen molar-refractivity contribution in [2.24, 2.45) is 0 Å². The lowest BCUT2D eigenvalue weighted by atomic mass is 10.1. The summed E-state index contributed by atoms with van der Waals surface area (Å²) in [6, 6.07) is 4.54. The minimum Gasteiger partial charge on any atom is -0.392 e. The zero-order chi connectivity index (χ0) is 9.68. The summed E-state index contributed by atoms with van der Waals surface area (Å²) in [4.78, 5) is 0. The molecule has 0 saturated carbocycles. The molecule has 13 heavy (non-hydrogen) atoms. The second kappa shape index (κ2) is 5.00. The summed E-state index contributed by atoms with van der Waals surface area (Å²) in [5, 5.41) is 9.27. The van der Waals surface area contributed by atoms with E-state index in [0.717, 1.165) is 0 Å². The van der Waals surface area contributed by atoms with Crippen LogP contribution in [-0.4, -0.2) is 10.4 Å². The van der Waals surface area contributed by atoms with Gasteiger partial charge >= 0.3 is 0 Å². The van der Waals surface area contributed by atoms with Crippen molar-refractivity contribution in [2.45, 2.75) is 6.61 Å². The van der Waals surface area contributed by atoms with Crippen molar-refractivity contribution in [3.8, 4) is 11.8 Å². The highest BCUT2D eigenvalue weighted by Crippen LogP contribution is 2.09. The van der Waals surface area contributed by atoms with Gasteiger partial charge in [0.25, 0.3) is 0 Å². The maximum atomic E-state index is 13.0. The van der Waals surface area contributed by atoms with Crippen LogP contribution in [0.2, 0.25) is 0 Å². The molecule has 0 aliphatic rings. The van der Waals surface area contributed by atoms with Gasteiger partial charge in [-0.05, 0) is 12.1 Å². The van der Waals surface area contributed by atoms with E-state index in [1.807, 2.05) is 0 Å². The first-order valence-corrected chi connectivity index (χ1v) is 4.84. The molecule has 1 nitrogen and oxygen atoms in total.